The van der Waals surface area contributed by atoms with Crippen LogP contribution in [0.15, 0.2) is 54.6 Å². The Labute approximate surface area is 165 Å². The fourth-order valence-electron chi connectivity index (χ4n) is 4.04. The van der Waals surface area contributed by atoms with Gasteiger partial charge in [-0.1, -0.05) is 30.3 Å². The largest absolute Gasteiger partial charge is 0.495 e. The molecule has 146 valence electrons. The van der Waals surface area contributed by atoms with Gasteiger partial charge in [-0.2, -0.15) is 0 Å². The van der Waals surface area contributed by atoms with Gasteiger partial charge in [-0.05, 0) is 24.3 Å². The monoisotopic (exact) mass is 379 g/mol. The molecule has 0 aromatic heterocycles. The summed E-state index contributed by atoms with van der Waals surface area (Å²) < 4.78 is 5.38. The van der Waals surface area contributed by atoms with Crippen LogP contribution in [0.3, 0.4) is 0 Å². The zero-order valence-corrected chi connectivity index (χ0v) is 16.1. The molecule has 0 saturated carbocycles. The fraction of sp³-hybridized carbons (Fsp3) is 0.364. The van der Waals surface area contributed by atoms with Gasteiger partial charge in [0.05, 0.1) is 18.7 Å². The summed E-state index contributed by atoms with van der Waals surface area (Å²) in [5, 5.41) is 0. The van der Waals surface area contributed by atoms with Gasteiger partial charge in [0.25, 0.3) is 0 Å². The fourth-order valence-corrected chi connectivity index (χ4v) is 4.04. The first-order valence-corrected chi connectivity index (χ1v) is 9.69. The third kappa shape index (κ3) is 3.54. The molecule has 2 aromatic rings. The van der Waals surface area contributed by atoms with Gasteiger partial charge in [0.1, 0.15) is 5.75 Å². The third-order valence-corrected chi connectivity index (χ3v) is 5.56. The van der Waals surface area contributed by atoms with Crippen molar-refractivity contribution in [3.8, 4) is 5.75 Å². The lowest BCUT2D eigenvalue weighted by atomic mass is 10.1. The number of benzene rings is 2. The van der Waals surface area contributed by atoms with Crippen molar-refractivity contribution in [1.82, 2.24) is 4.90 Å². The molecule has 0 N–H and O–H groups in total. The second-order valence-electron chi connectivity index (χ2n) is 7.23. The van der Waals surface area contributed by atoms with E-state index in [4.69, 9.17) is 4.74 Å². The van der Waals surface area contributed by atoms with Crippen molar-refractivity contribution in [3.63, 3.8) is 0 Å². The molecule has 28 heavy (non-hydrogen) atoms. The topological polar surface area (TPSA) is 53.1 Å². The maximum absolute atomic E-state index is 13.0. The molecule has 6 nitrogen and oxygen atoms in total. The first-order valence-electron chi connectivity index (χ1n) is 9.69. The maximum Gasteiger partial charge on any atom is 0.228 e. The van der Waals surface area contributed by atoms with Crippen LogP contribution < -0.4 is 14.5 Å². The van der Waals surface area contributed by atoms with Crippen LogP contribution in [0.4, 0.5) is 11.4 Å². The summed E-state index contributed by atoms with van der Waals surface area (Å²) in [5.41, 5.74) is 1.92. The summed E-state index contributed by atoms with van der Waals surface area (Å²) in [6, 6.07) is 17.7. The molecule has 2 saturated heterocycles. The number of hydrogen-bond acceptors (Lipinski definition) is 4. The van der Waals surface area contributed by atoms with Crippen LogP contribution in [-0.2, 0) is 9.59 Å². The van der Waals surface area contributed by atoms with Crippen LogP contribution in [0.1, 0.15) is 6.42 Å². The average molecular weight is 379 g/mol. The number of methoxy groups -OCH3 is 1. The molecular weight excluding hydrogens is 354 g/mol. The highest BCUT2D eigenvalue weighted by molar-refractivity contribution is 6.01. The van der Waals surface area contributed by atoms with Crippen LogP contribution in [-0.4, -0.2) is 56.5 Å². The summed E-state index contributed by atoms with van der Waals surface area (Å²) >= 11 is 0. The molecule has 2 aromatic carbocycles. The zero-order valence-electron chi connectivity index (χ0n) is 16.1. The predicted molar refractivity (Wildman–Crippen MR) is 109 cm³/mol. The van der Waals surface area contributed by atoms with Crippen molar-refractivity contribution in [1.29, 1.82) is 0 Å². The van der Waals surface area contributed by atoms with Crippen molar-refractivity contribution in [2.24, 2.45) is 5.92 Å². The molecular formula is C22H25N3O3. The highest BCUT2D eigenvalue weighted by Crippen LogP contribution is 2.33. The van der Waals surface area contributed by atoms with E-state index in [1.54, 1.807) is 12.0 Å². The van der Waals surface area contributed by atoms with E-state index in [-0.39, 0.29) is 24.2 Å². The first-order chi connectivity index (χ1) is 13.7. The Morgan fingerprint density at radius 2 is 1.64 bits per heavy atom. The lowest BCUT2D eigenvalue weighted by Gasteiger charge is -2.37. The minimum Gasteiger partial charge on any atom is -0.495 e. The maximum atomic E-state index is 13.0. The number of anilines is 2. The summed E-state index contributed by atoms with van der Waals surface area (Å²) in [6.45, 7) is 3.41. The summed E-state index contributed by atoms with van der Waals surface area (Å²) in [7, 11) is 1.59. The molecule has 0 aliphatic carbocycles. The standard InChI is InChI=1S/C22H25N3O3/c1-28-20-10-6-5-9-19(20)25-16-17(15-21(25)26)22(27)24-13-11-23(12-14-24)18-7-3-2-4-8-18/h2-10,17H,11-16H2,1H3/t17-/m0/s1. The van der Waals surface area contributed by atoms with E-state index >= 15 is 0 Å². The summed E-state index contributed by atoms with van der Waals surface area (Å²) in [5.74, 6) is 0.422. The Balaban J connectivity index is 1.39. The first kappa shape index (κ1) is 18.3. The van der Waals surface area contributed by atoms with Gasteiger partial charge in [0, 0.05) is 44.8 Å². The summed E-state index contributed by atoms with van der Waals surface area (Å²) in [4.78, 5) is 31.5. The Hall–Kier alpha value is -3.02. The van der Waals surface area contributed by atoms with Gasteiger partial charge in [0.15, 0.2) is 0 Å². The molecule has 1 atom stereocenters. The SMILES string of the molecule is COc1ccccc1N1C[C@@H](C(=O)N2CCN(c3ccccc3)CC2)CC1=O. The third-order valence-electron chi connectivity index (χ3n) is 5.56. The van der Waals surface area contributed by atoms with E-state index in [9.17, 15) is 9.59 Å². The zero-order chi connectivity index (χ0) is 19.5. The van der Waals surface area contributed by atoms with Crippen molar-refractivity contribution in [3.05, 3.63) is 54.6 Å². The lowest BCUT2D eigenvalue weighted by Crippen LogP contribution is -2.50. The van der Waals surface area contributed by atoms with Crippen molar-refractivity contribution < 1.29 is 14.3 Å². The van der Waals surface area contributed by atoms with Crippen molar-refractivity contribution in [2.45, 2.75) is 6.42 Å². The van der Waals surface area contributed by atoms with Gasteiger partial charge < -0.3 is 19.4 Å². The number of nitrogens with zero attached hydrogens (tertiary/aromatic N) is 3. The molecule has 0 spiro atoms. The van der Waals surface area contributed by atoms with Crippen molar-refractivity contribution in [2.75, 3.05) is 49.6 Å². The number of ether oxygens (including phenoxy) is 1. The minimum atomic E-state index is -0.291. The molecule has 0 radical (unpaired) electrons. The van der Waals surface area contributed by atoms with Crippen LogP contribution in [0, 0.1) is 5.92 Å². The van der Waals surface area contributed by atoms with Gasteiger partial charge >= 0.3 is 0 Å². The molecule has 0 unspecified atom stereocenters. The number of piperazine rings is 1. The predicted octanol–water partition coefficient (Wildman–Crippen LogP) is 2.40. The van der Waals surface area contributed by atoms with E-state index in [0.29, 0.717) is 25.4 Å². The second-order valence-corrected chi connectivity index (χ2v) is 7.23. The van der Waals surface area contributed by atoms with Crippen LogP contribution in [0.5, 0.6) is 5.75 Å². The highest BCUT2D eigenvalue weighted by Gasteiger charge is 2.38. The Morgan fingerprint density at radius 3 is 2.36 bits per heavy atom. The molecule has 0 bridgehead atoms. The van der Waals surface area contributed by atoms with Gasteiger partial charge in [-0.15, -0.1) is 0 Å². The Kier molecular flexibility index (Phi) is 5.19. The molecule has 2 amide bonds. The number of rotatable bonds is 4. The van der Waals surface area contributed by atoms with Crippen molar-refractivity contribution >= 4 is 23.2 Å². The Morgan fingerprint density at radius 1 is 0.964 bits per heavy atom. The average Bonchev–Trinajstić information content (AvgIpc) is 3.15. The smallest absolute Gasteiger partial charge is 0.228 e. The van der Waals surface area contributed by atoms with E-state index in [1.807, 2.05) is 47.4 Å². The minimum absolute atomic E-state index is 0.0224. The van der Waals surface area contributed by atoms with Gasteiger partial charge in [-0.3, -0.25) is 9.59 Å². The number of carbonyl (C=O) groups excluding carboxylic acids is 2. The number of para-hydroxylation sites is 3. The molecule has 2 aliphatic rings. The number of carbonyl (C=O) groups is 2. The van der Waals surface area contributed by atoms with E-state index < -0.39 is 0 Å². The van der Waals surface area contributed by atoms with E-state index in [1.165, 1.54) is 5.69 Å². The molecule has 4 rings (SSSR count). The number of hydrogen-bond donors (Lipinski definition) is 0. The van der Waals surface area contributed by atoms with Crippen LogP contribution >= 0.6 is 0 Å². The number of amides is 2. The summed E-state index contributed by atoms with van der Waals surface area (Å²) in [6.07, 6.45) is 0.260. The molecule has 2 aliphatic heterocycles. The van der Waals surface area contributed by atoms with Crippen LogP contribution in [0.2, 0.25) is 0 Å². The van der Waals surface area contributed by atoms with Gasteiger partial charge in [-0.25, -0.2) is 0 Å². The Bertz CT molecular complexity index is 847. The normalized spacial score (nSPS) is 19.8. The second kappa shape index (κ2) is 7.92. The van der Waals surface area contributed by atoms with Crippen LogP contribution in [0.25, 0.3) is 0 Å². The quantitative estimate of drug-likeness (QED) is 0.819. The van der Waals surface area contributed by atoms with Gasteiger partial charge in [0.2, 0.25) is 11.8 Å². The molecule has 2 fully saturated rings. The van der Waals surface area contributed by atoms with E-state index in [2.05, 4.69) is 17.0 Å². The van der Waals surface area contributed by atoms with E-state index in [0.717, 1.165) is 18.8 Å². The molecule has 2 heterocycles. The molecule has 6 heteroatoms. The lowest BCUT2D eigenvalue weighted by molar-refractivity contribution is -0.136. The highest BCUT2D eigenvalue weighted by atomic mass is 16.5.